The van der Waals surface area contributed by atoms with Crippen molar-refractivity contribution in [3.8, 4) is 0 Å². The summed E-state index contributed by atoms with van der Waals surface area (Å²) in [5.41, 5.74) is 8.01. The molecule has 0 radical (unpaired) electrons. The lowest BCUT2D eigenvalue weighted by Gasteiger charge is -2.48. The third-order valence-electron chi connectivity index (χ3n) is 5.12. The number of nitrogens with zero attached hydrogens (tertiary/aromatic N) is 4. The van der Waals surface area contributed by atoms with Gasteiger partial charge >= 0.3 is 0 Å². The summed E-state index contributed by atoms with van der Waals surface area (Å²) in [4.78, 5) is 12.5. The number of imidazole rings is 1. The van der Waals surface area contributed by atoms with Gasteiger partial charge in [-0.25, -0.2) is 15.0 Å². The number of hydrogen-bond acceptors (Lipinski definition) is 7. The van der Waals surface area contributed by atoms with Gasteiger partial charge in [0.2, 0.25) is 0 Å². The molecule has 1 fully saturated rings. The van der Waals surface area contributed by atoms with Crippen LogP contribution >= 0.6 is 0 Å². The first-order valence-electron chi connectivity index (χ1n) is 8.54. The van der Waals surface area contributed by atoms with E-state index in [4.69, 9.17) is 10.5 Å². The molecule has 4 rings (SSSR count). The third-order valence-corrected chi connectivity index (χ3v) is 5.12. The zero-order valence-electron chi connectivity index (χ0n) is 14.1. The normalized spacial score (nSPS) is 25.3. The highest BCUT2D eigenvalue weighted by Crippen LogP contribution is 2.45. The van der Waals surface area contributed by atoms with Crippen LogP contribution in [-0.2, 0) is 11.3 Å². The second kappa shape index (κ2) is 6.99. The molecular formula is C18H21N5O3. The molecule has 2 aromatic heterocycles. The van der Waals surface area contributed by atoms with Gasteiger partial charge in [0.15, 0.2) is 11.5 Å². The molecule has 4 N–H and O–H groups in total. The van der Waals surface area contributed by atoms with Crippen LogP contribution in [-0.4, -0.2) is 49.0 Å². The van der Waals surface area contributed by atoms with Crippen molar-refractivity contribution in [3.05, 3.63) is 48.5 Å². The van der Waals surface area contributed by atoms with Crippen LogP contribution in [0.4, 0.5) is 5.82 Å². The second-order valence-electron chi connectivity index (χ2n) is 6.58. The molecule has 1 aliphatic rings. The summed E-state index contributed by atoms with van der Waals surface area (Å²) in [5, 5.41) is 20.1. The molecule has 2 heterocycles. The van der Waals surface area contributed by atoms with E-state index in [2.05, 4.69) is 15.0 Å². The minimum Gasteiger partial charge on any atom is -0.396 e. The first-order chi connectivity index (χ1) is 12.7. The van der Waals surface area contributed by atoms with Crippen molar-refractivity contribution in [2.24, 2.45) is 11.8 Å². The maximum atomic E-state index is 10.5. The highest BCUT2D eigenvalue weighted by atomic mass is 16.5. The minimum atomic E-state index is -0.695. The molecule has 0 unspecified atom stereocenters. The number of nitrogens with two attached hydrogens (primary N) is 1. The van der Waals surface area contributed by atoms with Gasteiger partial charge in [-0.3, -0.25) is 0 Å². The molecule has 0 amide bonds. The summed E-state index contributed by atoms with van der Waals surface area (Å²) in [6.07, 6.45) is 2.30. The van der Waals surface area contributed by atoms with E-state index in [9.17, 15) is 10.2 Å². The molecule has 1 aliphatic carbocycles. The first kappa shape index (κ1) is 16.9. The van der Waals surface area contributed by atoms with E-state index >= 15 is 0 Å². The van der Waals surface area contributed by atoms with Crippen molar-refractivity contribution in [1.82, 2.24) is 19.5 Å². The summed E-state index contributed by atoms with van der Waals surface area (Å²) >= 11 is 0. The van der Waals surface area contributed by atoms with Crippen molar-refractivity contribution in [2.45, 2.75) is 18.8 Å². The summed E-state index contributed by atoms with van der Waals surface area (Å²) in [5.74, 6) is 0.0119. The highest BCUT2D eigenvalue weighted by molar-refractivity contribution is 5.81. The van der Waals surface area contributed by atoms with Crippen LogP contribution in [0, 0.1) is 11.8 Å². The predicted molar refractivity (Wildman–Crippen MR) is 94.9 cm³/mol. The highest BCUT2D eigenvalue weighted by Gasteiger charge is 2.51. The van der Waals surface area contributed by atoms with Gasteiger partial charge in [0.1, 0.15) is 11.8 Å². The van der Waals surface area contributed by atoms with Crippen LogP contribution in [0.2, 0.25) is 0 Å². The molecule has 1 saturated carbocycles. The molecule has 3 aromatic rings. The zero-order valence-corrected chi connectivity index (χ0v) is 14.1. The molecule has 0 aliphatic heterocycles. The number of nitrogen functional groups attached to an aromatic ring is 1. The van der Waals surface area contributed by atoms with Gasteiger partial charge in [-0.1, -0.05) is 30.3 Å². The lowest BCUT2D eigenvalue weighted by Crippen LogP contribution is -2.55. The molecule has 0 spiro atoms. The number of anilines is 1. The molecule has 4 atom stereocenters. The number of rotatable bonds is 6. The summed E-state index contributed by atoms with van der Waals surface area (Å²) in [6, 6.07) is 9.61. The Hall–Kier alpha value is -2.55. The smallest absolute Gasteiger partial charge is 0.165 e. The fourth-order valence-corrected chi connectivity index (χ4v) is 3.68. The van der Waals surface area contributed by atoms with E-state index in [0.29, 0.717) is 30.2 Å². The molecule has 1 aromatic carbocycles. The SMILES string of the molecule is Nc1ncnc2c1ncn2[C@@H]1[C@@H](O)[C@@H](CO)[C@H]1COCc1ccccc1. The Morgan fingerprint density at radius 1 is 1.12 bits per heavy atom. The minimum absolute atomic E-state index is 0.0488. The maximum Gasteiger partial charge on any atom is 0.165 e. The van der Waals surface area contributed by atoms with Crippen LogP contribution in [0.25, 0.3) is 11.2 Å². The molecule has 136 valence electrons. The van der Waals surface area contributed by atoms with Gasteiger partial charge in [0, 0.05) is 18.4 Å². The molecular weight excluding hydrogens is 334 g/mol. The van der Waals surface area contributed by atoms with E-state index in [1.807, 2.05) is 30.3 Å². The van der Waals surface area contributed by atoms with Crippen molar-refractivity contribution < 1.29 is 14.9 Å². The van der Waals surface area contributed by atoms with Gasteiger partial charge in [-0.2, -0.15) is 0 Å². The Morgan fingerprint density at radius 2 is 1.92 bits per heavy atom. The average molecular weight is 355 g/mol. The lowest BCUT2D eigenvalue weighted by atomic mass is 9.67. The van der Waals surface area contributed by atoms with E-state index in [-0.39, 0.29) is 24.5 Å². The Kier molecular flexibility index (Phi) is 4.54. The maximum absolute atomic E-state index is 10.5. The Labute approximate surface area is 150 Å². The van der Waals surface area contributed by atoms with Crippen molar-refractivity contribution in [2.75, 3.05) is 18.9 Å². The molecule has 0 saturated heterocycles. The number of fused-ring (bicyclic) bond motifs is 1. The van der Waals surface area contributed by atoms with Gasteiger partial charge in [0.25, 0.3) is 0 Å². The first-order valence-corrected chi connectivity index (χ1v) is 8.54. The number of ether oxygens (including phenoxy) is 1. The van der Waals surface area contributed by atoms with Crippen molar-refractivity contribution in [1.29, 1.82) is 0 Å². The monoisotopic (exact) mass is 355 g/mol. The van der Waals surface area contributed by atoms with Crippen LogP contribution < -0.4 is 5.73 Å². The third kappa shape index (κ3) is 2.82. The van der Waals surface area contributed by atoms with Gasteiger partial charge in [-0.05, 0) is 5.56 Å². The molecule has 8 nitrogen and oxygen atoms in total. The average Bonchev–Trinajstić information content (AvgIpc) is 3.07. The molecule has 8 heteroatoms. The van der Waals surface area contributed by atoms with E-state index in [1.165, 1.54) is 6.33 Å². The van der Waals surface area contributed by atoms with Crippen LogP contribution in [0.5, 0.6) is 0 Å². The van der Waals surface area contributed by atoms with Gasteiger partial charge in [0.05, 0.1) is 31.7 Å². The standard InChI is InChI=1S/C18H21N5O3/c19-17-14-18(21-9-20-17)23(10-22-14)15-13(12(6-24)16(15)25)8-26-7-11-4-2-1-3-5-11/h1-5,9-10,12-13,15-16,24-25H,6-8H2,(H2,19,20,21)/t12-,13+,15-,16-/m0/s1. The quantitative estimate of drug-likeness (QED) is 0.597. The van der Waals surface area contributed by atoms with E-state index < -0.39 is 6.10 Å². The van der Waals surface area contributed by atoms with E-state index in [1.54, 1.807) is 10.9 Å². The van der Waals surface area contributed by atoms with E-state index in [0.717, 1.165) is 5.56 Å². The topological polar surface area (TPSA) is 119 Å². The van der Waals surface area contributed by atoms with Crippen LogP contribution in [0.15, 0.2) is 43.0 Å². The Morgan fingerprint density at radius 3 is 2.69 bits per heavy atom. The number of hydrogen-bond donors (Lipinski definition) is 3. The summed E-state index contributed by atoms with van der Waals surface area (Å²) in [6.45, 7) is 0.807. The van der Waals surface area contributed by atoms with Crippen LogP contribution in [0.3, 0.4) is 0 Å². The molecule has 0 bridgehead atoms. The summed E-state index contributed by atoms with van der Waals surface area (Å²) in [7, 11) is 0. The second-order valence-corrected chi connectivity index (χ2v) is 6.58. The number of aliphatic hydroxyl groups is 2. The number of aliphatic hydroxyl groups excluding tert-OH is 2. The largest absolute Gasteiger partial charge is 0.396 e. The lowest BCUT2D eigenvalue weighted by molar-refractivity contribution is -0.136. The summed E-state index contributed by atoms with van der Waals surface area (Å²) < 4.78 is 7.66. The predicted octanol–water partition coefficient (Wildman–Crippen LogP) is 0.766. The Bertz CT molecular complexity index is 885. The Balaban J connectivity index is 1.53. The fourth-order valence-electron chi connectivity index (χ4n) is 3.68. The van der Waals surface area contributed by atoms with Crippen molar-refractivity contribution in [3.63, 3.8) is 0 Å². The van der Waals surface area contributed by atoms with Gasteiger partial charge in [-0.15, -0.1) is 0 Å². The number of benzene rings is 1. The molecule has 26 heavy (non-hydrogen) atoms. The zero-order chi connectivity index (χ0) is 18.1. The van der Waals surface area contributed by atoms with Gasteiger partial charge < -0.3 is 25.3 Å². The fraction of sp³-hybridized carbons (Fsp3) is 0.389. The number of aromatic nitrogens is 4. The van der Waals surface area contributed by atoms with Crippen molar-refractivity contribution >= 4 is 17.0 Å². The van der Waals surface area contributed by atoms with Crippen LogP contribution in [0.1, 0.15) is 11.6 Å².